The summed E-state index contributed by atoms with van der Waals surface area (Å²) in [6, 6.07) is 12.3. The van der Waals surface area contributed by atoms with Gasteiger partial charge in [0.15, 0.2) is 5.69 Å². The fourth-order valence-corrected chi connectivity index (χ4v) is 3.07. The van der Waals surface area contributed by atoms with Crippen LogP contribution in [0.15, 0.2) is 73.2 Å². The maximum absolute atomic E-state index is 13.6. The highest BCUT2D eigenvalue weighted by molar-refractivity contribution is 6.00. The van der Waals surface area contributed by atoms with Gasteiger partial charge in [-0.1, -0.05) is 12.1 Å². The van der Waals surface area contributed by atoms with Crippen LogP contribution < -0.4 is 5.32 Å². The van der Waals surface area contributed by atoms with E-state index in [-0.39, 0.29) is 11.3 Å². The Labute approximate surface area is 163 Å². The third-order valence-corrected chi connectivity index (χ3v) is 4.45. The predicted molar refractivity (Wildman–Crippen MR) is 101 cm³/mol. The van der Waals surface area contributed by atoms with Crippen LogP contribution in [-0.4, -0.2) is 26.7 Å². The number of aromatic nitrogens is 3. The summed E-state index contributed by atoms with van der Waals surface area (Å²) in [6.45, 7) is 0. The summed E-state index contributed by atoms with van der Waals surface area (Å²) in [4.78, 5) is 21.0. The van der Waals surface area contributed by atoms with Crippen molar-refractivity contribution in [2.45, 2.75) is 12.5 Å². The van der Waals surface area contributed by atoms with Crippen molar-refractivity contribution in [1.82, 2.24) is 19.7 Å². The summed E-state index contributed by atoms with van der Waals surface area (Å²) in [5, 5.41) is 2.35. The molecule has 146 valence electrons. The maximum Gasteiger partial charge on any atom is 0.272 e. The lowest BCUT2D eigenvalue weighted by Crippen LogP contribution is -2.33. The zero-order chi connectivity index (χ0) is 20.4. The molecule has 0 saturated carbocycles. The molecule has 3 heterocycles. The van der Waals surface area contributed by atoms with Gasteiger partial charge in [-0.05, 0) is 48.0 Å². The molecular weight excluding hydrogens is 381 g/mol. The predicted octanol–water partition coefficient (Wildman–Crippen LogP) is 4.27. The van der Waals surface area contributed by atoms with Crippen molar-refractivity contribution in [2.75, 3.05) is 0 Å². The normalized spacial score (nSPS) is 12.3. The minimum absolute atomic E-state index is 0.000495. The van der Waals surface area contributed by atoms with E-state index in [2.05, 4.69) is 15.3 Å². The summed E-state index contributed by atoms with van der Waals surface area (Å²) < 4.78 is 42.1. The highest BCUT2D eigenvalue weighted by atomic mass is 19.3. The van der Waals surface area contributed by atoms with Gasteiger partial charge in [0.2, 0.25) is 0 Å². The number of halogens is 3. The van der Waals surface area contributed by atoms with Gasteiger partial charge in [-0.25, -0.2) is 18.2 Å². The summed E-state index contributed by atoms with van der Waals surface area (Å²) in [6.07, 6.45) is 1.62. The van der Waals surface area contributed by atoms with Crippen LogP contribution >= 0.6 is 0 Å². The number of nitrogens with one attached hydrogen (secondary N) is 1. The van der Waals surface area contributed by atoms with Gasteiger partial charge >= 0.3 is 0 Å². The molecule has 4 aromatic rings. The molecule has 8 heteroatoms. The molecule has 0 aliphatic carbocycles. The molecule has 1 aromatic carbocycles. The second-order valence-electron chi connectivity index (χ2n) is 6.32. The van der Waals surface area contributed by atoms with Gasteiger partial charge in [0, 0.05) is 24.2 Å². The number of benzene rings is 1. The van der Waals surface area contributed by atoms with Gasteiger partial charge < -0.3 is 5.32 Å². The van der Waals surface area contributed by atoms with Crippen LogP contribution in [0.3, 0.4) is 0 Å². The Morgan fingerprint density at radius 3 is 2.52 bits per heavy atom. The number of fused-ring (bicyclic) bond motifs is 1. The third-order valence-electron chi connectivity index (χ3n) is 4.45. The quantitative estimate of drug-likeness (QED) is 0.548. The lowest BCUT2D eigenvalue weighted by molar-refractivity contribution is 0.0741. The van der Waals surface area contributed by atoms with Crippen molar-refractivity contribution in [3.63, 3.8) is 0 Å². The van der Waals surface area contributed by atoms with E-state index in [1.54, 1.807) is 28.8 Å². The third kappa shape index (κ3) is 3.69. The average molecular weight is 396 g/mol. The minimum Gasteiger partial charge on any atom is -0.338 e. The topological polar surface area (TPSA) is 59.3 Å². The number of hydrogen-bond acceptors (Lipinski definition) is 3. The molecule has 0 bridgehead atoms. The van der Waals surface area contributed by atoms with E-state index < -0.39 is 24.2 Å². The lowest BCUT2D eigenvalue weighted by atomic mass is 10.1. The first-order valence-corrected chi connectivity index (χ1v) is 8.76. The van der Waals surface area contributed by atoms with E-state index in [0.717, 1.165) is 0 Å². The Kier molecular flexibility index (Phi) is 4.99. The molecule has 1 amide bonds. The molecule has 5 nitrogen and oxygen atoms in total. The highest BCUT2D eigenvalue weighted by Gasteiger charge is 2.27. The number of carbonyl (C=O) groups excluding carboxylic acids is 1. The first-order chi connectivity index (χ1) is 14.0. The van der Waals surface area contributed by atoms with Crippen LogP contribution in [0.25, 0.3) is 16.9 Å². The molecule has 0 spiro atoms. The molecule has 1 N–H and O–H groups in total. The fourth-order valence-electron chi connectivity index (χ4n) is 3.07. The zero-order valence-electron chi connectivity index (χ0n) is 15.0. The van der Waals surface area contributed by atoms with Gasteiger partial charge in [-0.15, -0.1) is 0 Å². The Morgan fingerprint density at radius 2 is 1.83 bits per heavy atom. The molecule has 0 fully saturated rings. The molecule has 1 atom stereocenters. The van der Waals surface area contributed by atoms with Crippen molar-refractivity contribution >= 4 is 11.4 Å². The monoisotopic (exact) mass is 396 g/mol. The van der Waals surface area contributed by atoms with Crippen molar-refractivity contribution in [1.29, 1.82) is 0 Å². The number of pyridine rings is 2. The molecular formula is C21H15F3N4O. The van der Waals surface area contributed by atoms with E-state index in [1.165, 1.54) is 48.8 Å². The second-order valence-corrected chi connectivity index (χ2v) is 6.32. The summed E-state index contributed by atoms with van der Waals surface area (Å²) in [5.41, 5.74) is 1.23. The Morgan fingerprint density at radius 1 is 1.03 bits per heavy atom. The van der Waals surface area contributed by atoms with Gasteiger partial charge in [0.1, 0.15) is 17.7 Å². The number of amides is 1. The maximum atomic E-state index is 13.6. The molecule has 3 aromatic heterocycles. The van der Waals surface area contributed by atoms with E-state index >= 15 is 0 Å². The number of rotatable bonds is 5. The van der Waals surface area contributed by atoms with Crippen LogP contribution in [-0.2, 0) is 0 Å². The molecule has 0 aliphatic rings. The summed E-state index contributed by atoms with van der Waals surface area (Å²) >= 11 is 0. The largest absolute Gasteiger partial charge is 0.338 e. The Bertz CT molecular complexity index is 1140. The number of imidazole rings is 1. The summed E-state index contributed by atoms with van der Waals surface area (Å²) in [7, 11) is 0. The van der Waals surface area contributed by atoms with Crippen molar-refractivity contribution < 1.29 is 18.0 Å². The molecule has 0 saturated heterocycles. The van der Waals surface area contributed by atoms with Crippen molar-refractivity contribution in [3.05, 3.63) is 90.3 Å². The highest BCUT2D eigenvalue weighted by Crippen LogP contribution is 2.25. The molecule has 4 rings (SSSR count). The Balaban J connectivity index is 1.74. The molecule has 29 heavy (non-hydrogen) atoms. The van der Waals surface area contributed by atoms with Gasteiger partial charge in [0.25, 0.3) is 12.3 Å². The van der Waals surface area contributed by atoms with Gasteiger partial charge in [-0.3, -0.25) is 14.2 Å². The van der Waals surface area contributed by atoms with Crippen molar-refractivity contribution in [2.24, 2.45) is 0 Å². The second kappa shape index (κ2) is 7.75. The molecule has 0 aliphatic heterocycles. The van der Waals surface area contributed by atoms with Crippen LogP contribution in [0.1, 0.15) is 22.1 Å². The fraction of sp³-hybridized carbons (Fsp3) is 0.0952. The number of nitrogens with zero attached hydrogens (tertiary/aromatic N) is 3. The average Bonchev–Trinajstić information content (AvgIpc) is 3.13. The first kappa shape index (κ1) is 18.7. The summed E-state index contributed by atoms with van der Waals surface area (Å²) in [5.74, 6) is -0.735. The zero-order valence-corrected chi connectivity index (χ0v) is 15.0. The van der Waals surface area contributed by atoms with Gasteiger partial charge in [0.05, 0.1) is 5.52 Å². The van der Waals surface area contributed by atoms with Crippen LogP contribution in [0.2, 0.25) is 0 Å². The van der Waals surface area contributed by atoms with Crippen LogP contribution in [0, 0.1) is 5.82 Å². The number of hydrogen-bond donors (Lipinski definition) is 1. The van der Waals surface area contributed by atoms with Crippen LogP contribution in [0.5, 0.6) is 0 Å². The van der Waals surface area contributed by atoms with Crippen LogP contribution in [0.4, 0.5) is 13.2 Å². The lowest BCUT2D eigenvalue weighted by Gasteiger charge is -2.17. The van der Waals surface area contributed by atoms with E-state index in [9.17, 15) is 18.0 Å². The van der Waals surface area contributed by atoms with E-state index in [1.807, 2.05) is 0 Å². The van der Waals surface area contributed by atoms with E-state index in [4.69, 9.17) is 0 Å². The smallest absolute Gasteiger partial charge is 0.272 e. The SMILES string of the molecule is O=C(NC(c1cccnc1)C(F)F)c1nc(-c2ccc(F)cc2)n2ccccc12. The number of alkyl halides is 2. The van der Waals surface area contributed by atoms with Crippen molar-refractivity contribution in [3.8, 4) is 11.4 Å². The number of carbonyl (C=O) groups is 1. The van der Waals surface area contributed by atoms with Gasteiger partial charge in [-0.2, -0.15) is 0 Å². The molecule has 0 radical (unpaired) electrons. The Hall–Kier alpha value is -3.68. The molecule has 1 unspecified atom stereocenters. The van der Waals surface area contributed by atoms with E-state index in [0.29, 0.717) is 16.9 Å². The standard InChI is InChI=1S/C21H15F3N4O/c22-15-8-6-13(7-9-15)20-26-18(16-5-1-2-11-28(16)20)21(29)27-17(19(23)24)14-4-3-10-25-12-14/h1-12,17,19H,(H,27,29). The first-order valence-electron chi connectivity index (χ1n) is 8.76. The minimum atomic E-state index is -2.83.